The molecule has 6 heteroatoms. The number of nitrogens with one attached hydrogen (secondary N) is 1. The first-order valence-electron chi connectivity index (χ1n) is 4.46. The van der Waals surface area contributed by atoms with Gasteiger partial charge in [-0.3, -0.25) is 9.59 Å². The van der Waals surface area contributed by atoms with Crippen molar-refractivity contribution in [2.75, 3.05) is 6.54 Å². The highest BCUT2D eigenvalue weighted by Gasteiger charge is 2.27. The fourth-order valence-corrected chi connectivity index (χ4v) is 2.35. The summed E-state index contributed by atoms with van der Waals surface area (Å²) in [6.07, 6.45) is 0.000556. The average molecular weight is 273 g/mol. The third kappa shape index (κ3) is 1.77. The van der Waals surface area contributed by atoms with Gasteiger partial charge >= 0.3 is 5.97 Å². The summed E-state index contributed by atoms with van der Waals surface area (Å²) < 4.78 is 2.45. The fraction of sp³-hybridized carbons (Fsp3) is 0.333. The van der Waals surface area contributed by atoms with Crippen LogP contribution in [0.1, 0.15) is 23.0 Å². The Balaban J connectivity index is 2.38. The molecule has 5 nitrogen and oxygen atoms in total. The second-order valence-electron chi connectivity index (χ2n) is 3.37. The molecule has 2 heterocycles. The number of amides is 1. The topological polar surface area (TPSA) is 71.3 Å². The van der Waals surface area contributed by atoms with E-state index in [2.05, 4.69) is 21.2 Å². The number of carbonyl (C=O) groups is 2. The summed E-state index contributed by atoms with van der Waals surface area (Å²) in [6, 6.07) is 3.20. The summed E-state index contributed by atoms with van der Waals surface area (Å²) >= 11 is 3.30. The van der Waals surface area contributed by atoms with Crippen molar-refractivity contribution in [2.24, 2.45) is 0 Å². The Hall–Kier alpha value is -1.30. The smallest absolute Gasteiger partial charge is 0.305 e. The Bertz CT molecular complexity index is 427. The van der Waals surface area contributed by atoms with E-state index in [9.17, 15) is 9.59 Å². The third-order valence-corrected chi connectivity index (χ3v) is 3.02. The predicted molar refractivity (Wildman–Crippen MR) is 55.8 cm³/mol. The number of aliphatic carboxylic acids is 1. The third-order valence-electron chi connectivity index (χ3n) is 2.37. The van der Waals surface area contributed by atoms with E-state index < -0.39 is 5.97 Å². The van der Waals surface area contributed by atoms with Gasteiger partial charge in [0.2, 0.25) is 0 Å². The van der Waals surface area contributed by atoms with Crippen LogP contribution in [0.25, 0.3) is 0 Å². The molecule has 2 rings (SSSR count). The molecule has 0 bridgehead atoms. The van der Waals surface area contributed by atoms with Gasteiger partial charge in [0, 0.05) is 6.54 Å². The van der Waals surface area contributed by atoms with E-state index in [0.717, 1.165) is 4.60 Å². The zero-order valence-electron chi connectivity index (χ0n) is 7.74. The summed E-state index contributed by atoms with van der Waals surface area (Å²) in [4.78, 5) is 22.1. The molecule has 1 amide bonds. The molecule has 0 saturated carbocycles. The molecule has 1 aliphatic heterocycles. The molecule has 1 aromatic rings. The number of aromatic nitrogens is 1. The van der Waals surface area contributed by atoms with Gasteiger partial charge in [0.25, 0.3) is 5.91 Å². The van der Waals surface area contributed by atoms with Crippen LogP contribution in [-0.2, 0) is 4.79 Å². The van der Waals surface area contributed by atoms with Crippen molar-refractivity contribution in [3.8, 4) is 0 Å². The van der Waals surface area contributed by atoms with Gasteiger partial charge in [-0.05, 0) is 28.1 Å². The van der Waals surface area contributed by atoms with E-state index in [4.69, 9.17) is 5.11 Å². The van der Waals surface area contributed by atoms with Crippen molar-refractivity contribution in [3.05, 3.63) is 22.4 Å². The second kappa shape index (κ2) is 3.69. The van der Waals surface area contributed by atoms with Crippen molar-refractivity contribution in [1.82, 2.24) is 9.88 Å². The normalized spacial score (nSPS) is 19.5. The molecule has 0 aliphatic carbocycles. The van der Waals surface area contributed by atoms with Crippen molar-refractivity contribution >= 4 is 27.8 Å². The number of hydrogen-bond donors (Lipinski definition) is 2. The first kappa shape index (κ1) is 10.2. The van der Waals surface area contributed by atoms with Crippen molar-refractivity contribution in [3.63, 3.8) is 0 Å². The number of fused-ring (bicyclic) bond motifs is 1. The summed E-state index contributed by atoms with van der Waals surface area (Å²) in [6.45, 7) is 0.353. The molecule has 0 aromatic carbocycles. The predicted octanol–water partition coefficient (Wildman–Crippen LogP) is 1.01. The average Bonchev–Trinajstić information content (AvgIpc) is 2.54. The summed E-state index contributed by atoms with van der Waals surface area (Å²) in [7, 11) is 0. The van der Waals surface area contributed by atoms with Gasteiger partial charge < -0.3 is 15.0 Å². The highest BCUT2D eigenvalue weighted by molar-refractivity contribution is 9.10. The number of hydrogen-bond acceptors (Lipinski definition) is 2. The molecule has 0 fully saturated rings. The van der Waals surface area contributed by atoms with Crippen LogP contribution in [0.15, 0.2) is 16.7 Å². The van der Waals surface area contributed by atoms with Crippen LogP contribution in [0.2, 0.25) is 0 Å². The highest BCUT2D eigenvalue weighted by Crippen LogP contribution is 2.26. The minimum absolute atomic E-state index is 0.000556. The fourth-order valence-electron chi connectivity index (χ4n) is 1.74. The molecule has 80 valence electrons. The lowest BCUT2D eigenvalue weighted by Crippen LogP contribution is -2.39. The lowest BCUT2D eigenvalue weighted by molar-refractivity contribution is -0.137. The lowest BCUT2D eigenvalue weighted by Gasteiger charge is -2.26. The molecule has 2 N–H and O–H groups in total. The van der Waals surface area contributed by atoms with Gasteiger partial charge in [0.15, 0.2) is 0 Å². The molecule has 15 heavy (non-hydrogen) atoms. The van der Waals surface area contributed by atoms with Crippen LogP contribution in [0, 0.1) is 0 Å². The van der Waals surface area contributed by atoms with Crippen LogP contribution in [0.4, 0.5) is 0 Å². The Morgan fingerprint density at radius 3 is 3.07 bits per heavy atom. The van der Waals surface area contributed by atoms with E-state index in [1.807, 2.05) is 0 Å². The first-order chi connectivity index (χ1) is 7.09. The highest BCUT2D eigenvalue weighted by atomic mass is 79.9. The van der Waals surface area contributed by atoms with E-state index in [0.29, 0.717) is 12.2 Å². The molecule has 1 atom stereocenters. The van der Waals surface area contributed by atoms with Crippen molar-refractivity contribution in [1.29, 1.82) is 0 Å². The SMILES string of the molecule is O=C(O)CC1CNC(=O)c2ccc(Br)n21. The minimum atomic E-state index is -0.873. The lowest BCUT2D eigenvalue weighted by atomic mass is 10.1. The zero-order valence-corrected chi connectivity index (χ0v) is 9.32. The van der Waals surface area contributed by atoms with E-state index in [1.165, 1.54) is 0 Å². The van der Waals surface area contributed by atoms with Gasteiger partial charge in [0.1, 0.15) is 5.69 Å². The molecule has 1 unspecified atom stereocenters. The summed E-state index contributed by atoms with van der Waals surface area (Å²) in [5.41, 5.74) is 0.499. The molecule has 0 saturated heterocycles. The molecule has 1 aromatic heterocycles. The van der Waals surface area contributed by atoms with Crippen molar-refractivity contribution < 1.29 is 14.7 Å². The van der Waals surface area contributed by atoms with Gasteiger partial charge in [-0.25, -0.2) is 0 Å². The van der Waals surface area contributed by atoms with Gasteiger partial charge in [0.05, 0.1) is 17.1 Å². The maximum Gasteiger partial charge on any atom is 0.305 e. The summed E-state index contributed by atoms with van der Waals surface area (Å²) in [5, 5.41) is 11.4. The molecular formula is C9H9BrN2O3. The summed E-state index contributed by atoms with van der Waals surface area (Å²) in [5.74, 6) is -1.04. The number of carboxylic acids is 1. The van der Waals surface area contributed by atoms with Gasteiger partial charge in [-0.2, -0.15) is 0 Å². The number of halogens is 1. The van der Waals surface area contributed by atoms with Crippen LogP contribution < -0.4 is 5.32 Å². The molecular weight excluding hydrogens is 264 g/mol. The van der Waals surface area contributed by atoms with E-state index in [1.54, 1.807) is 16.7 Å². The minimum Gasteiger partial charge on any atom is -0.481 e. The Morgan fingerprint density at radius 2 is 2.40 bits per heavy atom. The van der Waals surface area contributed by atoms with Gasteiger partial charge in [-0.1, -0.05) is 0 Å². The van der Waals surface area contributed by atoms with Gasteiger partial charge in [-0.15, -0.1) is 0 Å². The molecule has 0 spiro atoms. The number of rotatable bonds is 2. The van der Waals surface area contributed by atoms with Crippen LogP contribution in [0.5, 0.6) is 0 Å². The van der Waals surface area contributed by atoms with Crippen molar-refractivity contribution in [2.45, 2.75) is 12.5 Å². The van der Waals surface area contributed by atoms with E-state index in [-0.39, 0.29) is 18.4 Å². The van der Waals surface area contributed by atoms with Crippen LogP contribution >= 0.6 is 15.9 Å². The Morgan fingerprint density at radius 1 is 1.67 bits per heavy atom. The second-order valence-corrected chi connectivity index (χ2v) is 4.19. The van der Waals surface area contributed by atoms with Crippen LogP contribution in [-0.4, -0.2) is 28.1 Å². The standard InChI is InChI=1S/C9H9BrN2O3/c10-7-2-1-6-9(15)11-4-5(12(6)7)3-8(13)14/h1-2,5H,3-4H2,(H,11,15)(H,13,14). The number of nitrogens with zero attached hydrogens (tertiary/aromatic N) is 1. The largest absolute Gasteiger partial charge is 0.481 e. The number of carboxylic acid groups (broad SMARTS) is 1. The molecule has 0 radical (unpaired) electrons. The maximum absolute atomic E-state index is 11.4. The quantitative estimate of drug-likeness (QED) is 0.844. The molecule has 1 aliphatic rings. The van der Waals surface area contributed by atoms with Crippen LogP contribution in [0.3, 0.4) is 0 Å². The monoisotopic (exact) mass is 272 g/mol. The van der Waals surface area contributed by atoms with E-state index >= 15 is 0 Å². The first-order valence-corrected chi connectivity index (χ1v) is 5.25. The Labute approximate surface area is 94.2 Å². The maximum atomic E-state index is 11.4. The Kier molecular flexibility index (Phi) is 2.52. The number of carbonyl (C=O) groups excluding carboxylic acids is 1. The zero-order chi connectivity index (χ0) is 11.0.